The van der Waals surface area contributed by atoms with Crippen LogP contribution in [0, 0.1) is 13.8 Å². The summed E-state index contributed by atoms with van der Waals surface area (Å²) in [4.78, 5) is 20.4. The lowest BCUT2D eigenvalue weighted by atomic mass is 9.99. The van der Waals surface area contributed by atoms with Crippen molar-refractivity contribution in [1.29, 1.82) is 0 Å². The van der Waals surface area contributed by atoms with E-state index in [4.69, 9.17) is 19.8 Å². The fourth-order valence-corrected chi connectivity index (χ4v) is 4.77. The summed E-state index contributed by atoms with van der Waals surface area (Å²) in [7, 11) is 0. The maximum atomic E-state index is 10.6. The molecular weight excluding hydrogens is 550 g/mol. The first-order chi connectivity index (χ1) is 18.5. The van der Waals surface area contributed by atoms with Crippen LogP contribution in [0.4, 0.5) is 26.3 Å². The van der Waals surface area contributed by atoms with Gasteiger partial charge in [0.05, 0.1) is 17.4 Å². The molecule has 3 N–H and O–H groups in total. The molecule has 3 heterocycles. The maximum absolute atomic E-state index is 10.6. The second-order valence-electron chi connectivity index (χ2n) is 9.94. The molecule has 16 heteroatoms. The summed E-state index contributed by atoms with van der Waals surface area (Å²) in [6.45, 7) is 8.85. The van der Waals surface area contributed by atoms with Crippen molar-refractivity contribution in [2.24, 2.45) is 0 Å². The van der Waals surface area contributed by atoms with E-state index in [1.54, 1.807) is 0 Å². The predicted molar refractivity (Wildman–Crippen MR) is 130 cm³/mol. The van der Waals surface area contributed by atoms with Gasteiger partial charge in [-0.2, -0.15) is 31.4 Å². The van der Waals surface area contributed by atoms with E-state index in [2.05, 4.69) is 57.1 Å². The molecule has 1 aliphatic carbocycles. The van der Waals surface area contributed by atoms with Gasteiger partial charge in [-0.25, -0.2) is 14.3 Å². The molecule has 2 aromatic rings. The molecule has 1 unspecified atom stereocenters. The van der Waals surface area contributed by atoms with Crippen LogP contribution in [-0.2, 0) is 16.0 Å². The van der Waals surface area contributed by atoms with Gasteiger partial charge in [0, 0.05) is 36.9 Å². The lowest BCUT2D eigenvalue weighted by Gasteiger charge is -2.36. The van der Waals surface area contributed by atoms with Gasteiger partial charge in [-0.3, -0.25) is 5.10 Å². The van der Waals surface area contributed by atoms with E-state index in [1.807, 2.05) is 0 Å². The third-order valence-electron chi connectivity index (χ3n) is 7.06. The molecule has 1 saturated carbocycles. The maximum Gasteiger partial charge on any atom is 0.490 e. The number of halogens is 6. The zero-order valence-corrected chi connectivity index (χ0v) is 22.4. The molecular formula is C24H34F6N6O4. The molecule has 2 fully saturated rings. The van der Waals surface area contributed by atoms with Crippen LogP contribution in [0.3, 0.4) is 0 Å². The molecule has 40 heavy (non-hydrogen) atoms. The number of carboxylic acids is 2. The van der Waals surface area contributed by atoms with Crippen molar-refractivity contribution in [2.75, 3.05) is 13.1 Å². The number of H-pyrrole nitrogens is 1. The van der Waals surface area contributed by atoms with Crippen molar-refractivity contribution in [1.82, 2.24) is 30.1 Å². The number of hydrogen-bond acceptors (Lipinski definition) is 6. The molecule has 1 aliphatic heterocycles. The second kappa shape index (κ2) is 13.9. The number of aromatic nitrogens is 5. The van der Waals surface area contributed by atoms with Crippen molar-refractivity contribution in [2.45, 2.75) is 96.1 Å². The SMILES string of the molecule is Cc1n[nH]c(C)c1CC(C)N1CCC(n2cc(C3CCCC3)nn2)CC1.O=C(O)C(F)(F)F.O=C(O)C(F)(F)F. The van der Waals surface area contributed by atoms with Gasteiger partial charge in [0.2, 0.25) is 0 Å². The number of rotatable bonds is 5. The monoisotopic (exact) mass is 584 g/mol. The Morgan fingerprint density at radius 1 is 1.00 bits per heavy atom. The number of carbonyl (C=O) groups is 2. The Kier molecular flexibility index (Phi) is 11.5. The molecule has 10 nitrogen and oxygen atoms in total. The van der Waals surface area contributed by atoms with E-state index in [0.29, 0.717) is 18.0 Å². The number of carboxylic acid groups (broad SMARTS) is 2. The molecule has 0 bridgehead atoms. The molecule has 226 valence electrons. The molecule has 1 saturated heterocycles. The highest BCUT2D eigenvalue weighted by atomic mass is 19.4. The lowest BCUT2D eigenvalue weighted by molar-refractivity contribution is -0.193. The number of likely N-dealkylation sites (tertiary alicyclic amines) is 1. The Balaban J connectivity index is 0.000000333. The van der Waals surface area contributed by atoms with Crippen LogP contribution in [-0.4, -0.2) is 83.7 Å². The van der Waals surface area contributed by atoms with Crippen molar-refractivity contribution < 1.29 is 46.1 Å². The summed E-state index contributed by atoms with van der Waals surface area (Å²) >= 11 is 0. The average Bonchev–Trinajstić information content (AvgIpc) is 3.62. The highest BCUT2D eigenvalue weighted by Gasteiger charge is 2.39. The number of nitrogens with one attached hydrogen (secondary N) is 1. The van der Waals surface area contributed by atoms with Gasteiger partial charge >= 0.3 is 24.3 Å². The molecule has 2 aliphatic rings. The Morgan fingerprint density at radius 2 is 1.50 bits per heavy atom. The van der Waals surface area contributed by atoms with Gasteiger partial charge in [-0.15, -0.1) is 5.10 Å². The van der Waals surface area contributed by atoms with Gasteiger partial charge in [0.1, 0.15) is 0 Å². The van der Waals surface area contributed by atoms with Gasteiger partial charge in [-0.05, 0) is 58.4 Å². The molecule has 2 aromatic heterocycles. The molecule has 0 aromatic carbocycles. The number of nitrogens with zero attached hydrogens (tertiary/aromatic N) is 5. The Bertz CT molecular complexity index is 1060. The first-order valence-electron chi connectivity index (χ1n) is 12.8. The normalized spacial score (nSPS) is 17.9. The van der Waals surface area contributed by atoms with E-state index in [1.165, 1.54) is 55.5 Å². The molecule has 0 amide bonds. The summed E-state index contributed by atoms with van der Waals surface area (Å²) in [5.41, 5.74) is 4.97. The zero-order chi connectivity index (χ0) is 30.3. The third-order valence-corrected chi connectivity index (χ3v) is 7.06. The zero-order valence-electron chi connectivity index (χ0n) is 22.4. The number of alkyl halides is 6. The minimum Gasteiger partial charge on any atom is -0.475 e. The third kappa shape index (κ3) is 9.78. The molecule has 0 radical (unpaired) electrons. The second-order valence-corrected chi connectivity index (χ2v) is 9.94. The Hall–Kier alpha value is -3.17. The Morgan fingerprint density at radius 3 is 1.93 bits per heavy atom. The van der Waals surface area contributed by atoms with Crippen molar-refractivity contribution in [3.05, 3.63) is 28.8 Å². The Labute approximate surface area is 226 Å². The van der Waals surface area contributed by atoms with Crippen LogP contribution in [0.25, 0.3) is 0 Å². The first-order valence-corrected chi connectivity index (χ1v) is 12.8. The quantitative estimate of drug-likeness (QED) is 0.426. The highest BCUT2D eigenvalue weighted by Crippen LogP contribution is 2.33. The van der Waals surface area contributed by atoms with Crippen molar-refractivity contribution in [3.63, 3.8) is 0 Å². The van der Waals surface area contributed by atoms with E-state index < -0.39 is 24.3 Å². The fourth-order valence-electron chi connectivity index (χ4n) is 4.77. The van der Waals surface area contributed by atoms with Crippen LogP contribution in [0.2, 0.25) is 0 Å². The standard InChI is InChI=1S/C20H32N6.2C2HF3O2/c1-14(12-19-15(2)21-22-16(19)3)25-10-8-18(9-11-25)26-13-20(23-24-26)17-6-4-5-7-17;2*3-2(4,5)1(6)7/h13-14,17-18H,4-12H2,1-3H3,(H,21,22);2*(H,6,7). The number of aryl methyl sites for hydroxylation is 2. The molecule has 4 rings (SSSR count). The van der Waals surface area contributed by atoms with E-state index in [9.17, 15) is 26.3 Å². The van der Waals surface area contributed by atoms with Crippen molar-refractivity contribution in [3.8, 4) is 0 Å². The van der Waals surface area contributed by atoms with Crippen LogP contribution < -0.4 is 0 Å². The minimum atomic E-state index is -5.08. The fraction of sp³-hybridized carbons (Fsp3) is 0.708. The molecule has 0 spiro atoms. The predicted octanol–water partition coefficient (Wildman–Crippen LogP) is 4.81. The average molecular weight is 585 g/mol. The van der Waals surface area contributed by atoms with E-state index in [-0.39, 0.29) is 0 Å². The van der Waals surface area contributed by atoms with Gasteiger partial charge in [0.25, 0.3) is 0 Å². The number of aromatic amines is 1. The van der Waals surface area contributed by atoms with Crippen LogP contribution >= 0.6 is 0 Å². The van der Waals surface area contributed by atoms with Crippen LogP contribution in [0.5, 0.6) is 0 Å². The number of hydrogen-bond donors (Lipinski definition) is 3. The van der Waals surface area contributed by atoms with Crippen LogP contribution in [0.1, 0.15) is 80.1 Å². The van der Waals surface area contributed by atoms with Gasteiger partial charge < -0.3 is 15.1 Å². The van der Waals surface area contributed by atoms with Crippen LogP contribution in [0.15, 0.2) is 6.20 Å². The summed E-state index contributed by atoms with van der Waals surface area (Å²) in [6, 6.07) is 1.06. The van der Waals surface area contributed by atoms with E-state index >= 15 is 0 Å². The highest BCUT2D eigenvalue weighted by molar-refractivity contribution is 5.73. The summed E-state index contributed by atoms with van der Waals surface area (Å²) in [5.74, 6) is -4.86. The minimum absolute atomic E-state index is 0.513. The van der Waals surface area contributed by atoms with Crippen molar-refractivity contribution >= 4 is 11.9 Å². The summed E-state index contributed by atoms with van der Waals surface area (Å²) in [5, 5.41) is 30.7. The lowest BCUT2D eigenvalue weighted by Crippen LogP contribution is -2.41. The number of piperidine rings is 1. The number of aliphatic carboxylic acids is 2. The topological polar surface area (TPSA) is 137 Å². The summed E-state index contributed by atoms with van der Waals surface area (Å²) < 4.78 is 65.6. The van der Waals surface area contributed by atoms with Gasteiger partial charge in [0.15, 0.2) is 0 Å². The largest absolute Gasteiger partial charge is 0.490 e. The smallest absolute Gasteiger partial charge is 0.475 e. The first kappa shape index (κ1) is 33.0. The summed E-state index contributed by atoms with van der Waals surface area (Å²) in [6.07, 6.45) is 0.768. The van der Waals surface area contributed by atoms with E-state index in [0.717, 1.165) is 25.2 Å². The van der Waals surface area contributed by atoms with Gasteiger partial charge in [-0.1, -0.05) is 18.1 Å². The molecule has 1 atom stereocenters.